The van der Waals surface area contributed by atoms with Crippen LogP contribution in [0.3, 0.4) is 0 Å². The number of carboxylic acid groups (broad SMARTS) is 1. The van der Waals surface area contributed by atoms with Crippen LogP contribution in [0.25, 0.3) is 11.1 Å². The Kier molecular flexibility index (Phi) is 8.05. The van der Waals surface area contributed by atoms with Gasteiger partial charge < -0.3 is 9.84 Å². The van der Waals surface area contributed by atoms with Crippen molar-refractivity contribution in [2.45, 2.75) is 37.8 Å². The number of nitriles is 1. The number of aliphatic carboxylic acids is 1. The number of ether oxygens (including phenoxy) is 1. The van der Waals surface area contributed by atoms with Crippen LogP contribution in [0, 0.1) is 17.2 Å². The predicted molar refractivity (Wildman–Crippen MR) is 129 cm³/mol. The molecule has 0 saturated carbocycles. The van der Waals surface area contributed by atoms with Crippen molar-refractivity contribution in [2.75, 3.05) is 0 Å². The van der Waals surface area contributed by atoms with Crippen LogP contribution >= 0.6 is 0 Å². The molecule has 0 fully saturated rings. The summed E-state index contributed by atoms with van der Waals surface area (Å²) in [5.74, 6) is -0.939. The predicted octanol–water partition coefficient (Wildman–Crippen LogP) is 4.39. The molecule has 0 aliphatic rings. The van der Waals surface area contributed by atoms with E-state index in [1.165, 1.54) is 12.1 Å². The summed E-state index contributed by atoms with van der Waals surface area (Å²) < 4.78 is 33.3. The van der Waals surface area contributed by atoms with Gasteiger partial charge in [-0.1, -0.05) is 62.4 Å². The van der Waals surface area contributed by atoms with Crippen LogP contribution < -0.4 is 9.46 Å². The van der Waals surface area contributed by atoms with Crippen LogP contribution in [-0.4, -0.2) is 25.5 Å². The monoisotopic (exact) mass is 478 g/mol. The fourth-order valence-corrected chi connectivity index (χ4v) is 4.73. The van der Waals surface area contributed by atoms with Crippen LogP contribution in [0.15, 0.2) is 77.7 Å². The van der Waals surface area contributed by atoms with Gasteiger partial charge in [-0.3, -0.25) is 4.79 Å². The second kappa shape index (κ2) is 11.0. The van der Waals surface area contributed by atoms with E-state index in [0.29, 0.717) is 18.8 Å². The summed E-state index contributed by atoms with van der Waals surface area (Å²) in [6, 6.07) is 22.3. The first kappa shape index (κ1) is 25.0. The van der Waals surface area contributed by atoms with E-state index in [1.807, 2.05) is 48.5 Å². The summed E-state index contributed by atoms with van der Waals surface area (Å²) in [5, 5.41) is 18.2. The lowest BCUT2D eigenvalue weighted by molar-refractivity contribution is -0.140. The van der Waals surface area contributed by atoms with E-state index in [0.717, 1.165) is 22.3 Å². The number of carbonyl (C=O) groups is 1. The molecule has 2 N–H and O–H groups in total. The van der Waals surface area contributed by atoms with Gasteiger partial charge in [0.2, 0.25) is 10.0 Å². The van der Waals surface area contributed by atoms with Gasteiger partial charge in [0.25, 0.3) is 0 Å². The third-order valence-corrected chi connectivity index (χ3v) is 6.81. The van der Waals surface area contributed by atoms with E-state index in [9.17, 15) is 18.3 Å². The summed E-state index contributed by atoms with van der Waals surface area (Å²) in [7, 11) is -3.97. The Bertz CT molecular complexity index is 1280. The SMILES string of the molecule is CC(C)[C@@H](NS(=O)(=O)c1ccc(-c2ccc(OCc3ccccc3CC#N)cc2)cc1)C(=O)O. The number of nitrogens with one attached hydrogen (secondary N) is 1. The van der Waals surface area contributed by atoms with E-state index in [-0.39, 0.29) is 4.90 Å². The molecule has 176 valence electrons. The minimum absolute atomic E-state index is 0.000798. The Morgan fingerprint density at radius 3 is 2.06 bits per heavy atom. The van der Waals surface area contributed by atoms with Crippen molar-refractivity contribution >= 4 is 16.0 Å². The minimum atomic E-state index is -3.97. The van der Waals surface area contributed by atoms with Gasteiger partial charge in [-0.25, -0.2) is 8.42 Å². The number of carboxylic acids is 1. The van der Waals surface area contributed by atoms with Gasteiger partial charge in [0, 0.05) is 0 Å². The van der Waals surface area contributed by atoms with Crippen molar-refractivity contribution in [3.63, 3.8) is 0 Å². The Hall–Kier alpha value is -3.67. The number of sulfonamides is 1. The summed E-state index contributed by atoms with van der Waals surface area (Å²) >= 11 is 0. The molecule has 0 saturated heterocycles. The molecule has 3 rings (SSSR count). The highest BCUT2D eigenvalue weighted by Gasteiger charge is 2.27. The zero-order valence-corrected chi connectivity index (χ0v) is 19.7. The molecule has 0 heterocycles. The smallest absolute Gasteiger partial charge is 0.322 e. The van der Waals surface area contributed by atoms with Crippen molar-refractivity contribution in [1.82, 2.24) is 4.72 Å². The molecule has 0 aromatic heterocycles. The third kappa shape index (κ3) is 6.22. The Labute approximate surface area is 199 Å². The minimum Gasteiger partial charge on any atom is -0.489 e. The van der Waals surface area contributed by atoms with Gasteiger partial charge in [0.05, 0.1) is 17.4 Å². The van der Waals surface area contributed by atoms with E-state index in [2.05, 4.69) is 10.8 Å². The number of benzene rings is 3. The van der Waals surface area contributed by atoms with Crippen molar-refractivity contribution in [2.24, 2.45) is 5.92 Å². The molecular weight excluding hydrogens is 452 g/mol. The van der Waals surface area contributed by atoms with Crippen LogP contribution in [0.4, 0.5) is 0 Å². The normalized spacial score (nSPS) is 12.2. The first-order chi connectivity index (χ1) is 16.2. The van der Waals surface area contributed by atoms with Gasteiger partial charge >= 0.3 is 5.97 Å². The van der Waals surface area contributed by atoms with E-state index in [4.69, 9.17) is 10.00 Å². The number of hydrogen-bond acceptors (Lipinski definition) is 5. The molecule has 0 aliphatic heterocycles. The molecule has 0 bridgehead atoms. The zero-order chi connectivity index (χ0) is 24.7. The molecule has 1 atom stereocenters. The fraction of sp³-hybridized carbons (Fsp3) is 0.231. The van der Waals surface area contributed by atoms with Crippen molar-refractivity contribution in [3.8, 4) is 22.9 Å². The van der Waals surface area contributed by atoms with Crippen LogP contribution in [-0.2, 0) is 27.8 Å². The molecule has 0 amide bonds. The highest BCUT2D eigenvalue weighted by atomic mass is 32.2. The van der Waals surface area contributed by atoms with Gasteiger partial charge in [-0.05, 0) is 52.4 Å². The first-order valence-electron chi connectivity index (χ1n) is 10.7. The van der Waals surface area contributed by atoms with Crippen LogP contribution in [0.2, 0.25) is 0 Å². The maximum absolute atomic E-state index is 12.6. The van der Waals surface area contributed by atoms with Crippen LogP contribution in [0.5, 0.6) is 5.75 Å². The lowest BCUT2D eigenvalue weighted by Gasteiger charge is -2.18. The third-order valence-electron chi connectivity index (χ3n) is 5.35. The van der Waals surface area contributed by atoms with Gasteiger partial charge in [0.1, 0.15) is 18.4 Å². The summed E-state index contributed by atoms with van der Waals surface area (Å²) in [6.45, 7) is 3.64. The van der Waals surface area contributed by atoms with Crippen molar-refractivity contribution < 1.29 is 23.1 Å². The highest BCUT2D eigenvalue weighted by Crippen LogP contribution is 2.25. The molecule has 0 spiro atoms. The number of nitrogens with zero attached hydrogens (tertiary/aromatic N) is 1. The Morgan fingerprint density at radius 2 is 1.53 bits per heavy atom. The molecule has 0 aliphatic carbocycles. The molecule has 7 nitrogen and oxygen atoms in total. The molecule has 0 radical (unpaired) electrons. The van der Waals surface area contributed by atoms with E-state index >= 15 is 0 Å². The molecule has 34 heavy (non-hydrogen) atoms. The zero-order valence-electron chi connectivity index (χ0n) is 18.9. The van der Waals surface area contributed by atoms with Crippen molar-refractivity contribution in [3.05, 3.63) is 83.9 Å². The fourth-order valence-electron chi connectivity index (χ4n) is 3.39. The summed E-state index contributed by atoms with van der Waals surface area (Å²) in [5.41, 5.74) is 3.58. The van der Waals surface area contributed by atoms with Crippen molar-refractivity contribution in [1.29, 1.82) is 5.26 Å². The second-order valence-electron chi connectivity index (χ2n) is 8.12. The van der Waals surface area contributed by atoms with Gasteiger partial charge in [-0.2, -0.15) is 9.98 Å². The average Bonchev–Trinajstić information content (AvgIpc) is 2.82. The molecule has 0 unspecified atom stereocenters. The molecular formula is C26H26N2O5S. The largest absolute Gasteiger partial charge is 0.489 e. The molecule has 8 heteroatoms. The number of rotatable bonds is 10. The van der Waals surface area contributed by atoms with E-state index in [1.54, 1.807) is 26.0 Å². The quantitative estimate of drug-likeness (QED) is 0.446. The Morgan fingerprint density at radius 1 is 0.971 bits per heavy atom. The maximum atomic E-state index is 12.6. The molecule has 3 aromatic carbocycles. The maximum Gasteiger partial charge on any atom is 0.322 e. The van der Waals surface area contributed by atoms with Crippen LogP contribution in [0.1, 0.15) is 25.0 Å². The lowest BCUT2D eigenvalue weighted by atomic mass is 10.1. The first-order valence-corrected chi connectivity index (χ1v) is 12.2. The highest BCUT2D eigenvalue weighted by molar-refractivity contribution is 7.89. The average molecular weight is 479 g/mol. The number of hydrogen-bond donors (Lipinski definition) is 2. The summed E-state index contributed by atoms with van der Waals surface area (Å²) in [6.07, 6.45) is 0.328. The lowest BCUT2D eigenvalue weighted by Crippen LogP contribution is -2.44. The Balaban J connectivity index is 1.69. The molecule has 3 aromatic rings. The summed E-state index contributed by atoms with van der Waals surface area (Å²) in [4.78, 5) is 11.3. The standard InChI is InChI=1S/C26H26N2O5S/c1-18(2)25(26(29)30)28-34(31,32)24-13-9-21(10-14-24)20-7-11-23(12-8-20)33-17-22-6-4-3-5-19(22)15-16-27/h3-14,18,25,28H,15,17H2,1-2H3,(H,29,30)/t25-/m1/s1. The topological polar surface area (TPSA) is 116 Å². The van der Waals surface area contributed by atoms with Gasteiger partial charge in [0.15, 0.2) is 0 Å². The van der Waals surface area contributed by atoms with E-state index < -0.39 is 28.0 Å². The second-order valence-corrected chi connectivity index (χ2v) is 9.84. The van der Waals surface area contributed by atoms with Gasteiger partial charge in [-0.15, -0.1) is 0 Å².